The minimum Gasteiger partial charge on any atom is -0.466 e. The van der Waals surface area contributed by atoms with E-state index in [9.17, 15) is 24.0 Å². The summed E-state index contributed by atoms with van der Waals surface area (Å²) >= 11 is 0. The van der Waals surface area contributed by atoms with Gasteiger partial charge in [0.2, 0.25) is 5.91 Å². The van der Waals surface area contributed by atoms with Crippen LogP contribution >= 0.6 is 0 Å². The van der Waals surface area contributed by atoms with E-state index in [1.807, 2.05) is 6.08 Å². The van der Waals surface area contributed by atoms with Crippen LogP contribution in [0.4, 0.5) is 0 Å². The van der Waals surface area contributed by atoms with E-state index in [0.717, 1.165) is 25.7 Å². The second-order valence-corrected chi connectivity index (χ2v) is 8.41. The summed E-state index contributed by atoms with van der Waals surface area (Å²) in [5.41, 5.74) is 0. The van der Waals surface area contributed by atoms with E-state index in [4.69, 9.17) is 14.2 Å². The molecule has 1 amide bonds. The van der Waals surface area contributed by atoms with Crippen molar-refractivity contribution in [1.82, 2.24) is 5.32 Å². The van der Waals surface area contributed by atoms with Crippen molar-refractivity contribution in [2.45, 2.75) is 104 Å². The minimum absolute atomic E-state index is 0.000830. The van der Waals surface area contributed by atoms with Crippen molar-refractivity contribution < 1.29 is 38.2 Å². The van der Waals surface area contributed by atoms with Crippen LogP contribution in [0.5, 0.6) is 0 Å². The number of allylic oxidation sites excluding steroid dienone is 1. The first-order chi connectivity index (χ1) is 17.3. The number of unbranched alkanes of at least 4 members (excludes halogenated alkanes) is 4. The van der Waals surface area contributed by atoms with Gasteiger partial charge in [0.05, 0.1) is 19.8 Å². The highest BCUT2D eigenvalue weighted by molar-refractivity contribution is 5.99. The molecule has 0 radical (unpaired) electrons. The largest absolute Gasteiger partial charge is 0.466 e. The smallest absolute Gasteiger partial charge is 0.328 e. The van der Waals surface area contributed by atoms with Gasteiger partial charge >= 0.3 is 17.9 Å². The lowest BCUT2D eigenvalue weighted by atomic mass is 9.97. The maximum absolute atomic E-state index is 13.0. The van der Waals surface area contributed by atoms with Crippen molar-refractivity contribution in [1.29, 1.82) is 0 Å². The van der Waals surface area contributed by atoms with Crippen molar-refractivity contribution in [2.75, 3.05) is 19.8 Å². The summed E-state index contributed by atoms with van der Waals surface area (Å²) in [5.74, 6) is -3.44. The molecule has 0 aliphatic carbocycles. The zero-order valence-electron chi connectivity index (χ0n) is 22.5. The molecule has 0 saturated heterocycles. The van der Waals surface area contributed by atoms with Crippen molar-refractivity contribution >= 4 is 29.6 Å². The molecular formula is C27H45NO8. The van der Waals surface area contributed by atoms with E-state index in [0.29, 0.717) is 32.3 Å². The summed E-state index contributed by atoms with van der Waals surface area (Å²) in [5, 5.41) is 2.60. The molecule has 0 spiro atoms. The Bertz CT molecular complexity index is 704. The average Bonchev–Trinajstić information content (AvgIpc) is 2.83. The number of carbonyl (C=O) groups is 5. The quantitative estimate of drug-likeness (QED) is 0.0799. The number of amides is 1. The number of carbonyl (C=O) groups excluding carboxylic acids is 5. The number of Topliss-reactive ketones (excluding diaryl/α,β-unsaturated/α-hetero) is 1. The predicted molar refractivity (Wildman–Crippen MR) is 136 cm³/mol. The van der Waals surface area contributed by atoms with E-state index in [1.54, 1.807) is 26.8 Å². The Kier molecular flexibility index (Phi) is 19.9. The summed E-state index contributed by atoms with van der Waals surface area (Å²) < 4.78 is 15.0. The number of nitrogens with one attached hydrogen (secondary N) is 1. The zero-order valence-corrected chi connectivity index (χ0v) is 22.5. The molecule has 2 unspecified atom stereocenters. The lowest BCUT2D eigenvalue weighted by Gasteiger charge is -2.20. The van der Waals surface area contributed by atoms with Gasteiger partial charge in [0.25, 0.3) is 0 Å². The topological polar surface area (TPSA) is 125 Å². The van der Waals surface area contributed by atoms with E-state index >= 15 is 0 Å². The molecule has 206 valence electrons. The molecule has 0 aliphatic heterocycles. The lowest BCUT2D eigenvalue weighted by Crippen LogP contribution is -2.46. The molecule has 0 bridgehead atoms. The number of ketones is 1. The van der Waals surface area contributed by atoms with Gasteiger partial charge in [-0.2, -0.15) is 0 Å². The van der Waals surface area contributed by atoms with Crippen molar-refractivity contribution in [3.05, 3.63) is 12.2 Å². The molecule has 0 saturated carbocycles. The van der Waals surface area contributed by atoms with Gasteiger partial charge in [0, 0.05) is 19.3 Å². The highest BCUT2D eigenvalue weighted by Gasteiger charge is 2.32. The third-order valence-corrected chi connectivity index (χ3v) is 5.39. The van der Waals surface area contributed by atoms with Crippen LogP contribution in [0.1, 0.15) is 98.3 Å². The Morgan fingerprint density at radius 1 is 0.722 bits per heavy atom. The van der Waals surface area contributed by atoms with Crippen molar-refractivity contribution in [2.24, 2.45) is 5.92 Å². The van der Waals surface area contributed by atoms with E-state index in [1.165, 1.54) is 0 Å². The Labute approximate surface area is 215 Å². The van der Waals surface area contributed by atoms with Gasteiger partial charge in [-0.3, -0.25) is 19.2 Å². The number of esters is 3. The molecule has 0 aromatic rings. The van der Waals surface area contributed by atoms with Gasteiger partial charge in [-0.15, -0.1) is 0 Å². The van der Waals surface area contributed by atoms with Gasteiger partial charge in [0.15, 0.2) is 0 Å². The van der Waals surface area contributed by atoms with Crippen LogP contribution in [0.3, 0.4) is 0 Å². The van der Waals surface area contributed by atoms with Gasteiger partial charge in [-0.25, -0.2) is 4.79 Å². The van der Waals surface area contributed by atoms with Crippen LogP contribution in [0.25, 0.3) is 0 Å². The Hall–Kier alpha value is -2.71. The SMILES string of the molecule is CCCCCCC(=O)CCC(C(=O)NC(CC=CCCCC(=O)OCC)C(=O)OCC)C(=O)OCC. The fourth-order valence-electron chi connectivity index (χ4n) is 3.45. The first-order valence-electron chi connectivity index (χ1n) is 13.3. The highest BCUT2D eigenvalue weighted by atomic mass is 16.5. The van der Waals surface area contributed by atoms with Crippen LogP contribution in [0, 0.1) is 5.92 Å². The molecular weight excluding hydrogens is 466 g/mol. The van der Waals surface area contributed by atoms with Crippen LogP contribution in [0.2, 0.25) is 0 Å². The fraction of sp³-hybridized carbons (Fsp3) is 0.741. The van der Waals surface area contributed by atoms with Crippen LogP contribution in [-0.2, 0) is 38.2 Å². The van der Waals surface area contributed by atoms with E-state index in [-0.39, 0.29) is 44.2 Å². The molecule has 9 heteroatoms. The number of hydrogen-bond donors (Lipinski definition) is 1. The molecule has 9 nitrogen and oxygen atoms in total. The molecule has 0 aromatic carbocycles. The number of rotatable bonds is 21. The van der Waals surface area contributed by atoms with Crippen LogP contribution in [0.15, 0.2) is 12.2 Å². The van der Waals surface area contributed by atoms with Crippen molar-refractivity contribution in [3.63, 3.8) is 0 Å². The minimum atomic E-state index is -1.19. The zero-order chi connectivity index (χ0) is 27.2. The first-order valence-corrected chi connectivity index (χ1v) is 13.3. The first kappa shape index (κ1) is 33.3. The second kappa shape index (κ2) is 21.6. The molecule has 0 aromatic heterocycles. The van der Waals surface area contributed by atoms with E-state index < -0.39 is 29.8 Å². The maximum Gasteiger partial charge on any atom is 0.328 e. The van der Waals surface area contributed by atoms with Crippen molar-refractivity contribution in [3.8, 4) is 0 Å². The molecule has 1 N–H and O–H groups in total. The van der Waals surface area contributed by atoms with E-state index in [2.05, 4.69) is 12.2 Å². The summed E-state index contributed by atoms with van der Waals surface area (Å²) in [6, 6.07) is -0.986. The summed E-state index contributed by atoms with van der Waals surface area (Å²) in [4.78, 5) is 61.4. The van der Waals surface area contributed by atoms with Crippen LogP contribution < -0.4 is 5.32 Å². The standard InChI is InChI=1S/C27H45NO8/c1-5-9-10-13-16-21(29)19-20-22(26(32)35-7-3)25(31)28-23(27(33)36-8-4)17-14-11-12-15-18-24(30)34-6-2/h11,14,22-23H,5-10,12-13,15-20H2,1-4H3,(H,28,31). The third kappa shape index (κ3) is 16.1. The molecule has 0 heterocycles. The average molecular weight is 512 g/mol. The number of ether oxygens (including phenoxy) is 3. The number of hydrogen-bond acceptors (Lipinski definition) is 8. The maximum atomic E-state index is 13.0. The highest BCUT2D eigenvalue weighted by Crippen LogP contribution is 2.14. The van der Waals surface area contributed by atoms with Crippen LogP contribution in [-0.4, -0.2) is 55.5 Å². The normalized spacial score (nSPS) is 12.6. The second-order valence-electron chi connectivity index (χ2n) is 8.41. The third-order valence-electron chi connectivity index (χ3n) is 5.39. The molecule has 0 rings (SSSR count). The van der Waals surface area contributed by atoms with Gasteiger partial charge in [-0.05, 0) is 52.9 Å². The molecule has 0 aliphatic rings. The monoisotopic (exact) mass is 511 g/mol. The summed E-state index contributed by atoms with van der Waals surface area (Å²) in [6.07, 6.45) is 9.65. The Balaban J connectivity index is 5.03. The Morgan fingerprint density at radius 2 is 1.39 bits per heavy atom. The Morgan fingerprint density at radius 3 is 2.03 bits per heavy atom. The summed E-state index contributed by atoms with van der Waals surface area (Å²) in [7, 11) is 0. The molecule has 36 heavy (non-hydrogen) atoms. The summed E-state index contributed by atoms with van der Waals surface area (Å²) in [6.45, 7) is 7.73. The van der Waals surface area contributed by atoms with Gasteiger partial charge < -0.3 is 19.5 Å². The fourth-order valence-corrected chi connectivity index (χ4v) is 3.45. The molecule has 0 fully saturated rings. The lowest BCUT2D eigenvalue weighted by molar-refractivity contribution is -0.155. The predicted octanol–water partition coefficient (Wildman–Crippen LogP) is 4.21. The van der Waals surface area contributed by atoms with Gasteiger partial charge in [0.1, 0.15) is 17.7 Å². The molecule has 2 atom stereocenters. The van der Waals surface area contributed by atoms with Gasteiger partial charge in [-0.1, -0.05) is 38.3 Å².